The SMILES string of the molecule is Cn1nc(C(F)(F)F)cc1C(=O)NCc1cc2cc(Cl)ccc2[nH]1. The number of aromatic nitrogens is 3. The van der Waals surface area contributed by atoms with Gasteiger partial charge >= 0.3 is 6.18 Å². The molecule has 0 saturated carbocycles. The van der Waals surface area contributed by atoms with E-state index < -0.39 is 17.8 Å². The molecule has 9 heteroatoms. The average molecular weight is 357 g/mol. The fourth-order valence-corrected chi connectivity index (χ4v) is 2.52. The highest BCUT2D eigenvalue weighted by atomic mass is 35.5. The fourth-order valence-electron chi connectivity index (χ4n) is 2.34. The van der Waals surface area contributed by atoms with Crippen molar-refractivity contribution in [3.05, 3.63) is 52.4 Å². The van der Waals surface area contributed by atoms with Crippen LogP contribution in [0.3, 0.4) is 0 Å². The third-order valence-corrected chi connectivity index (χ3v) is 3.72. The van der Waals surface area contributed by atoms with Crippen molar-refractivity contribution in [3.63, 3.8) is 0 Å². The number of aromatic amines is 1. The van der Waals surface area contributed by atoms with E-state index in [2.05, 4.69) is 15.4 Å². The lowest BCUT2D eigenvalue weighted by Gasteiger charge is -2.03. The van der Waals surface area contributed by atoms with E-state index >= 15 is 0 Å². The van der Waals surface area contributed by atoms with E-state index in [0.29, 0.717) is 10.7 Å². The van der Waals surface area contributed by atoms with Crippen LogP contribution in [0.4, 0.5) is 13.2 Å². The quantitative estimate of drug-likeness (QED) is 0.754. The molecule has 0 radical (unpaired) electrons. The molecule has 5 nitrogen and oxygen atoms in total. The normalized spacial score (nSPS) is 11.9. The smallest absolute Gasteiger partial charge is 0.357 e. The molecule has 2 aromatic heterocycles. The van der Waals surface area contributed by atoms with Crippen molar-refractivity contribution in [2.24, 2.45) is 7.05 Å². The molecule has 1 amide bonds. The van der Waals surface area contributed by atoms with Crippen LogP contribution in [0.2, 0.25) is 5.02 Å². The Balaban J connectivity index is 1.74. The number of nitrogens with zero attached hydrogens (tertiary/aromatic N) is 2. The fraction of sp³-hybridized carbons (Fsp3) is 0.200. The summed E-state index contributed by atoms with van der Waals surface area (Å²) in [5.74, 6) is -0.641. The number of benzene rings is 1. The van der Waals surface area contributed by atoms with Crippen LogP contribution in [0.15, 0.2) is 30.3 Å². The van der Waals surface area contributed by atoms with Crippen molar-refractivity contribution in [2.75, 3.05) is 0 Å². The number of fused-ring (bicyclic) bond motifs is 1. The maximum atomic E-state index is 12.6. The molecule has 2 N–H and O–H groups in total. The molecule has 0 atom stereocenters. The number of alkyl halides is 3. The molecule has 3 aromatic rings. The first-order chi connectivity index (χ1) is 11.2. The summed E-state index contributed by atoms with van der Waals surface area (Å²) in [5, 5.41) is 7.35. The second-order valence-corrected chi connectivity index (χ2v) is 5.68. The number of hydrogen-bond donors (Lipinski definition) is 2. The van der Waals surface area contributed by atoms with E-state index in [0.717, 1.165) is 21.7 Å². The molecule has 0 bridgehead atoms. The molecule has 2 heterocycles. The maximum Gasteiger partial charge on any atom is 0.435 e. The number of hydrogen-bond acceptors (Lipinski definition) is 2. The lowest BCUT2D eigenvalue weighted by molar-refractivity contribution is -0.141. The minimum atomic E-state index is -4.59. The molecular formula is C15H12ClF3N4O. The summed E-state index contributed by atoms with van der Waals surface area (Å²) in [6.45, 7) is 0.137. The van der Waals surface area contributed by atoms with Crippen LogP contribution in [0.25, 0.3) is 10.9 Å². The van der Waals surface area contributed by atoms with Crippen LogP contribution < -0.4 is 5.32 Å². The third kappa shape index (κ3) is 3.23. The number of aryl methyl sites for hydroxylation is 1. The van der Waals surface area contributed by atoms with Crippen molar-refractivity contribution in [1.82, 2.24) is 20.1 Å². The highest BCUT2D eigenvalue weighted by molar-refractivity contribution is 6.31. The van der Waals surface area contributed by atoms with Gasteiger partial charge in [0.1, 0.15) is 5.69 Å². The molecule has 3 rings (SSSR count). The maximum absolute atomic E-state index is 12.6. The summed E-state index contributed by atoms with van der Waals surface area (Å²) in [7, 11) is 1.29. The van der Waals surface area contributed by atoms with Gasteiger partial charge in [0.15, 0.2) is 5.69 Å². The van der Waals surface area contributed by atoms with Gasteiger partial charge in [-0.15, -0.1) is 0 Å². The van der Waals surface area contributed by atoms with Crippen LogP contribution in [0.1, 0.15) is 21.9 Å². The predicted molar refractivity (Wildman–Crippen MR) is 82.7 cm³/mol. The number of halogens is 4. The van der Waals surface area contributed by atoms with Gasteiger partial charge < -0.3 is 10.3 Å². The Morgan fingerprint density at radius 1 is 1.33 bits per heavy atom. The van der Waals surface area contributed by atoms with Gasteiger partial charge in [0.05, 0.1) is 6.54 Å². The zero-order chi connectivity index (χ0) is 17.5. The molecule has 0 aliphatic rings. The highest BCUT2D eigenvalue weighted by Crippen LogP contribution is 2.28. The first-order valence-electron chi connectivity index (χ1n) is 6.90. The molecule has 126 valence electrons. The van der Waals surface area contributed by atoms with E-state index in [1.165, 1.54) is 7.05 Å². The number of nitrogens with one attached hydrogen (secondary N) is 2. The van der Waals surface area contributed by atoms with E-state index in [1.54, 1.807) is 18.2 Å². The number of carbonyl (C=O) groups is 1. The first-order valence-corrected chi connectivity index (χ1v) is 7.28. The van der Waals surface area contributed by atoms with Gasteiger partial charge in [0.2, 0.25) is 0 Å². The number of carbonyl (C=O) groups excluding carboxylic acids is 1. The molecule has 0 fully saturated rings. The van der Waals surface area contributed by atoms with E-state index in [4.69, 9.17) is 11.6 Å². The second kappa shape index (κ2) is 5.86. The van der Waals surface area contributed by atoms with E-state index in [9.17, 15) is 18.0 Å². The summed E-state index contributed by atoms with van der Waals surface area (Å²) in [6, 6.07) is 7.85. The number of rotatable bonds is 3. The Hall–Kier alpha value is -2.48. The van der Waals surface area contributed by atoms with Crippen molar-refractivity contribution in [3.8, 4) is 0 Å². The molecule has 0 saturated heterocycles. The van der Waals surface area contributed by atoms with Gasteiger partial charge in [0.25, 0.3) is 5.91 Å². The number of amides is 1. The van der Waals surface area contributed by atoms with Crippen LogP contribution in [0.5, 0.6) is 0 Å². The third-order valence-electron chi connectivity index (χ3n) is 3.48. The van der Waals surface area contributed by atoms with Gasteiger partial charge in [-0.1, -0.05) is 11.6 Å². The largest absolute Gasteiger partial charge is 0.435 e. The van der Waals surface area contributed by atoms with Crippen molar-refractivity contribution < 1.29 is 18.0 Å². The Morgan fingerprint density at radius 3 is 2.75 bits per heavy atom. The van der Waals surface area contributed by atoms with Crippen LogP contribution in [-0.4, -0.2) is 20.7 Å². The highest BCUT2D eigenvalue weighted by Gasteiger charge is 2.35. The van der Waals surface area contributed by atoms with Gasteiger partial charge in [-0.2, -0.15) is 18.3 Å². The molecule has 0 aliphatic heterocycles. The van der Waals surface area contributed by atoms with Gasteiger partial charge in [-0.3, -0.25) is 9.48 Å². The Morgan fingerprint density at radius 2 is 2.08 bits per heavy atom. The molecule has 0 spiro atoms. The van der Waals surface area contributed by atoms with Crippen molar-refractivity contribution in [2.45, 2.75) is 12.7 Å². The lowest BCUT2D eigenvalue weighted by atomic mass is 10.2. The summed E-state index contributed by atoms with van der Waals surface area (Å²) in [6.07, 6.45) is -4.59. The standard InChI is InChI=1S/C15H12ClF3N4O/c1-23-12(6-13(22-23)15(17,18)19)14(24)20-7-10-5-8-4-9(16)2-3-11(8)21-10/h2-6,21H,7H2,1H3,(H,20,24). The van der Waals surface area contributed by atoms with Gasteiger partial charge in [-0.05, 0) is 24.3 Å². The summed E-state index contributed by atoms with van der Waals surface area (Å²) in [5.41, 5.74) is 0.291. The van der Waals surface area contributed by atoms with Gasteiger partial charge in [0, 0.05) is 34.7 Å². The summed E-state index contributed by atoms with van der Waals surface area (Å²) >= 11 is 5.91. The molecular weight excluding hydrogens is 345 g/mol. The molecule has 1 aromatic carbocycles. The Bertz CT molecular complexity index is 913. The average Bonchev–Trinajstić information content (AvgIpc) is 3.07. The molecule has 24 heavy (non-hydrogen) atoms. The monoisotopic (exact) mass is 356 g/mol. The summed E-state index contributed by atoms with van der Waals surface area (Å²) < 4.78 is 38.8. The topological polar surface area (TPSA) is 62.7 Å². The molecule has 0 unspecified atom stereocenters. The zero-order valence-electron chi connectivity index (χ0n) is 12.4. The predicted octanol–water partition coefficient (Wildman–Crippen LogP) is 3.50. The minimum Gasteiger partial charge on any atom is -0.357 e. The second-order valence-electron chi connectivity index (χ2n) is 5.25. The van der Waals surface area contributed by atoms with E-state index in [1.807, 2.05) is 6.07 Å². The lowest BCUT2D eigenvalue weighted by Crippen LogP contribution is -2.25. The van der Waals surface area contributed by atoms with Crippen molar-refractivity contribution in [1.29, 1.82) is 0 Å². The van der Waals surface area contributed by atoms with Gasteiger partial charge in [-0.25, -0.2) is 0 Å². The Kier molecular flexibility index (Phi) is 4.00. The summed E-state index contributed by atoms with van der Waals surface area (Å²) in [4.78, 5) is 15.2. The minimum absolute atomic E-state index is 0.137. The van der Waals surface area contributed by atoms with Crippen molar-refractivity contribution >= 4 is 28.4 Å². The van der Waals surface area contributed by atoms with Crippen LogP contribution >= 0.6 is 11.6 Å². The number of H-pyrrole nitrogens is 1. The van der Waals surface area contributed by atoms with Crippen LogP contribution in [0, 0.1) is 0 Å². The first kappa shape index (κ1) is 16.4. The zero-order valence-corrected chi connectivity index (χ0v) is 13.2. The Labute approximate surface area is 139 Å². The van der Waals surface area contributed by atoms with E-state index in [-0.39, 0.29) is 12.2 Å². The molecule has 0 aliphatic carbocycles. The van der Waals surface area contributed by atoms with Crippen LogP contribution in [-0.2, 0) is 19.8 Å².